The first-order valence-electron chi connectivity index (χ1n) is 8.83. The maximum Gasteiger partial charge on any atom is 0.248 e. The molecular formula is C19H25N3O3. The first-order chi connectivity index (χ1) is 12.2. The molecule has 2 N–H and O–H groups in total. The molecule has 2 aromatic rings. The lowest BCUT2D eigenvalue weighted by Crippen LogP contribution is -2.38. The van der Waals surface area contributed by atoms with Crippen LogP contribution in [0.1, 0.15) is 19.8 Å². The second-order valence-corrected chi connectivity index (χ2v) is 6.22. The Bertz CT molecular complexity index is 701. The Balaban J connectivity index is 1.35. The molecule has 0 spiro atoms. The number of amides is 1. The van der Waals surface area contributed by atoms with Gasteiger partial charge in [-0.15, -0.1) is 0 Å². The fourth-order valence-corrected chi connectivity index (χ4v) is 2.79. The number of pyridine rings is 1. The van der Waals surface area contributed by atoms with Crippen LogP contribution in [0.4, 0.5) is 5.82 Å². The third kappa shape index (κ3) is 5.14. The molecule has 3 rings (SSSR count). The van der Waals surface area contributed by atoms with Crippen molar-refractivity contribution in [2.24, 2.45) is 0 Å². The minimum absolute atomic E-state index is 0.105. The number of aromatic nitrogens is 1. The topological polar surface area (TPSA) is 72.5 Å². The molecule has 1 aliphatic rings. The van der Waals surface area contributed by atoms with Gasteiger partial charge in [0.15, 0.2) is 0 Å². The lowest BCUT2D eigenvalue weighted by Gasteiger charge is -2.16. The van der Waals surface area contributed by atoms with Crippen LogP contribution >= 0.6 is 0 Å². The zero-order valence-electron chi connectivity index (χ0n) is 14.5. The zero-order valence-corrected chi connectivity index (χ0v) is 14.5. The molecule has 1 aromatic carbocycles. The van der Waals surface area contributed by atoms with Crippen LogP contribution in [0, 0.1) is 0 Å². The fraction of sp³-hybridized carbons (Fsp3) is 0.474. The van der Waals surface area contributed by atoms with Crippen LogP contribution in [0.15, 0.2) is 36.4 Å². The highest BCUT2D eigenvalue weighted by Crippen LogP contribution is 2.14. The highest BCUT2D eigenvalue weighted by atomic mass is 16.5. The predicted molar refractivity (Wildman–Crippen MR) is 97.6 cm³/mol. The van der Waals surface area contributed by atoms with Gasteiger partial charge in [0.05, 0.1) is 18.2 Å². The van der Waals surface area contributed by atoms with Gasteiger partial charge in [-0.3, -0.25) is 4.79 Å². The highest BCUT2D eigenvalue weighted by Gasteiger charge is 2.19. The van der Waals surface area contributed by atoms with Crippen molar-refractivity contribution in [3.05, 3.63) is 36.4 Å². The number of ether oxygens (including phenoxy) is 2. The van der Waals surface area contributed by atoms with Crippen molar-refractivity contribution in [3.8, 4) is 0 Å². The van der Waals surface area contributed by atoms with Crippen molar-refractivity contribution in [1.29, 1.82) is 0 Å². The van der Waals surface area contributed by atoms with Crippen molar-refractivity contribution >= 4 is 22.6 Å². The van der Waals surface area contributed by atoms with Gasteiger partial charge in [-0.2, -0.15) is 0 Å². The summed E-state index contributed by atoms with van der Waals surface area (Å²) < 4.78 is 11.1. The molecule has 1 amide bonds. The SMILES string of the molecule is C[C@@H](OC[C@@H]1CCCO1)C(=O)NCCNc1ccc2ccccc2n1. The van der Waals surface area contributed by atoms with Gasteiger partial charge in [0.1, 0.15) is 11.9 Å². The normalized spacial score (nSPS) is 18.2. The van der Waals surface area contributed by atoms with Crippen molar-refractivity contribution in [2.45, 2.75) is 32.0 Å². The largest absolute Gasteiger partial charge is 0.376 e. The van der Waals surface area contributed by atoms with E-state index in [1.54, 1.807) is 6.92 Å². The summed E-state index contributed by atoms with van der Waals surface area (Å²) in [4.78, 5) is 16.6. The van der Waals surface area contributed by atoms with E-state index >= 15 is 0 Å². The number of carbonyl (C=O) groups excluding carboxylic acids is 1. The first kappa shape index (κ1) is 17.6. The Morgan fingerprint density at radius 1 is 1.32 bits per heavy atom. The quantitative estimate of drug-likeness (QED) is 0.720. The van der Waals surface area contributed by atoms with E-state index < -0.39 is 6.10 Å². The number of hydrogen-bond donors (Lipinski definition) is 2. The van der Waals surface area contributed by atoms with Crippen LogP contribution in [0.3, 0.4) is 0 Å². The maximum atomic E-state index is 12.0. The number of carbonyl (C=O) groups is 1. The molecule has 2 heterocycles. The van der Waals surface area contributed by atoms with Crippen molar-refractivity contribution in [2.75, 3.05) is 31.6 Å². The van der Waals surface area contributed by atoms with Gasteiger partial charge in [0.2, 0.25) is 5.91 Å². The molecule has 0 radical (unpaired) electrons. The number of fused-ring (bicyclic) bond motifs is 1. The summed E-state index contributed by atoms with van der Waals surface area (Å²) >= 11 is 0. The van der Waals surface area contributed by atoms with E-state index in [0.717, 1.165) is 36.2 Å². The summed E-state index contributed by atoms with van der Waals surface area (Å²) in [5.74, 6) is 0.696. The third-order valence-corrected chi connectivity index (χ3v) is 4.25. The number of nitrogens with zero attached hydrogens (tertiary/aromatic N) is 1. The van der Waals surface area contributed by atoms with E-state index in [0.29, 0.717) is 19.7 Å². The van der Waals surface area contributed by atoms with Crippen molar-refractivity contribution in [1.82, 2.24) is 10.3 Å². The van der Waals surface area contributed by atoms with Crippen molar-refractivity contribution < 1.29 is 14.3 Å². The average Bonchev–Trinajstić information content (AvgIpc) is 3.16. The summed E-state index contributed by atoms with van der Waals surface area (Å²) in [6.45, 7) is 4.16. The smallest absolute Gasteiger partial charge is 0.248 e. The van der Waals surface area contributed by atoms with E-state index in [-0.39, 0.29) is 12.0 Å². The van der Waals surface area contributed by atoms with Crippen LogP contribution in [0.5, 0.6) is 0 Å². The minimum atomic E-state index is -0.469. The van der Waals surface area contributed by atoms with Crippen LogP contribution < -0.4 is 10.6 Å². The molecule has 25 heavy (non-hydrogen) atoms. The summed E-state index contributed by atoms with van der Waals surface area (Å²) in [6.07, 6.45) is 1.75. The zero-order chi connectivity index (χ0) is 17.5. The number of para-hydroxylation sites is 1. The molecule has 134 valence electrons. The van der Waals surface area contributed by atoms with Gasteiger partial charge in [-0.1, -0.05) is 18.2 Å². The predicted octanol–water partition coefficient (Wildman–Crippen LogP) is 2.35. The molecule has 1 aromatic heterocycles. The van der Waals surface area contributed by atoms with Gasteiger partial charge in [0.25, 0.3) is 0 Å². The lowest BCUT2D eigenvalue weighted by molar-refractivity contribution is -0.133. The Morgan fingerprint density at radius 2 is 2.20 bits per heavy atom. The van der Waals surface area contributed by atoms with Crippen molar-refractivity contribution in [3.63, 3.8) is 0 Å². The molecule has 1 saturated heterocycles. The van der Waals surface area contributed by atoms with Gasteiger partial charge in [-0.05, 0) is 38.0 Å². The standard InChI is InChI=1S/C19H25N3O3/c1-14(25-13-16-6-4-12-24-16)19(23)21-11-10-20-18-9-8-15-5-2-3-7-17(15)22-18/h2-3,5,7-9,14,16H,4,6,10-13H2,1H3,(H,20,22)(H,21,23)/t14-,16+/m1/s1. The van der Waals surface area contributed by atoms with E-state index in [1.807, 2.05) is 36.4 Å². The third-order valence-electron chi connectivity index (χ3n) is 4.25. The van der Waals surface area contributed by atoms with E-state index in [2.05, 4.69) is 15.6 Å². The fourth-order valence-electron chi connectivity index (χ4n) is 2.79. The number of hydrogen-bond acceptors (Lipinski definition) is 5. The molecule has 6 heteroatoms. The minimum Gasteiger partial charge on any atom is -0.376 e. The summed E-state index contributed by atoms with van der Waals surface area (Å²) in [6, 6.07) is 12.0. The number of benzene rings is 1. The molecule has 0 bridgehead atoms. The molecule has 6 nitrogen and oxygen atoms in total. The number of anilines is 1. The van der Waals surface area contributed by atoms with Gasteiger partial charge >= 0.3 is 0 Å². The Morgan fingerprint density at radius 3 is 3.04 bits per heavy atom. The van der Waals surface area contributed by atoms with Crippen LogP contribution in [-0.2, 0) is 14.3 Å². The molecule has 2 atom stereocenters. The Labute approximate surface area is 147 Å². The lowest BCUT2D eigenvalue weighted by atomic mass is 10.2. The molecule has 1 aliphatic heterocycles. The number of rotatable bonds is 8. The Kier molecular flexibility index (Phi) is 6.19. The van der Waals surface area contributed by atoms with E-state index in [4.69, 9.17) is 9.47 Å². The second kappa shape index (κ2) is 8.78. The van der Waals surface area contributed by atoms with Gasteiger partial charge < -0.3 is 20.1 Å². The molecule has 0 saturated carbocycles. The molecular weight excluding hydrogens is 318 g/mol. The summed E-state index contributed by atoms with van der Waals surface area (Å²) in [7, 11) is 0. The molecule has 0 unspecified atom stereocenters. The number of nitrogens with one attached hydrogen (secondary N) is 2. The molecule has 0 aliphatic carbocycles. The van der Waals surface area contributed by atoms with Crippen LogP contribution in [-0.4, -0.2) is 49.4 Å². The average molecular weight is 343 g/mol. The maximum absolute atomic E-state index is 12.0. The first-order valence-corrected chi connectivity index (χ1v) is 8.83. The van der Waals surface area contributed by atoms with Crippen LogP contribution in [0.2, 0.25) is 0 Å². The highest BCUT2D eigenvalue weighted by molar-refractivity contribution is 5.80. The monoisotopic (exact) mass is 343 g/mol. The Hall–Kier alpha value is -2.18. The van der Waals surface area contributed by atoms with Gasteiger partial charge in [0, 0.05) is 25.1 Å². The molecule has 1 fully saturated rings. The van der Waals surface area contributed by atoms with E-state index in [9.17, 15) is 4.79 Å². The second-order valence-electron chi connectivity index (χ2n) is 6.22. The van der Waals surface area contributed by atoms with Gasteiger partial charge in [-0.25, -0.2) is 4.98 Å². The van der Waals surface area contributed by atoms with Crippen LogP contribution in [0.25, 0.3) is 10.9 Å². The summed E-state index contributed by atoms with van der Waals surface area (Å²) in [5, 5.41) is 7.20. The van der Waals surface area contributed by atoms with E-state index in [1.165, 1.54) is 0 Å². The summed E-state index contributed by atoms with van der Waals surface area (Å²) in [5.41, 5.74) is 0.952.